The number of ether oxygens (including phenoxy) is 1. The smallest absolute Gasteiger partial charge is 0.305 e. The van der Waals surface area contributed by atoms with E-state index in [0.29, 0.717) is 49.1 Å². The highest BCUT2D eigenvalue weighted by atomic mass is 32.2. The Labute approximate surface area is 214 Å². The minimum absolute atomic E-state index is 0.0375. The molecule has 1 N–H and O–H groups in total. The number of rotatable bonds is 22. The third-order valence-electron chi connectivity index (χ3n) is 6.52. The molecular formula is C26H45NO7S. The molecule has 1 fully saturated rings. The van der Waals surface area contributed by atoms with Crippen molar-refractivity contribution in [3.05, 3.63) is 22.3 Å². The average Bonchev–Trinajstić information content (AvgIpc) is 3.18. The number of carbonyl (C=O) groups is 2. The summed E-state index contributed by atoms with van der Waals surface area (Å²) in [5, 5.41) is 19.6. The largest absolute Gasteiger partial charge is 0.465 e. The summed E-state index contributed by atoms with van der Waals surface area (Å²) in [6.07, 6.45) is 16.4. The van der Waals surface area contributed by atoms with Crippen molar-refractivity contribution in [2.75, 3.05) is 24.7 Å². The van der Waals surface area contributed by atoms with Gasteiger partial charge < -0.3 is 14.7 Å². The lowest BCUT2D eigenvalue weighted by molar-refractivity contribution is -0.756. The van der Waals surface area contributed by atoms with E-state index in [0.717, 1.165) is 51.4 Å². The zero-order valence-electron chi connectivity index (χ0n) is 21.4. The summed E-state index contributed by atoms with van der Waals surface area (Å²) in [5.41, 5.74) is 0. The Bertz CT molecular complexity index is 629. The molecule has 0 spiro atoms. The Balaban J connectivity index is 2.10. The predicted octanol–water partition coefficient (Wildman–Crippen LogP) is 5.68. The van der Waals surface area contributed by atoms with Gasteiger partial charge in [-0.2, -0.15) is 11.8 Å². The van der Waals surface area contributed by atoms with E-state index in [1.54, 1.807) is 0 Å². The fourth-order valence-electron chi connectivity index (χ4n) is 4.54. The first-order valence-corrected chi connectivity index (χ1v) is 14.4. The molecule has 1 rings (SSSR count). The quantitative estimate of drug-likeness (QED) is 0.0643. The SMILES string of the molecule is CCCCCCCC(=O)CC[C@@H]1[C@@H](C/C=C\CCCC(=O)OCCSCCO[N+](=O)[O-])CC[C@H]1O. The number of Topliss-reactive ketones (excluding diaryl/α,β-unsaturated/α-hetero) is 1. The van der Waals surface area contributed by atoms with Crippen LogP contribution in [0.25, 0.3) is 0 Å². The summed E-state index contributed by atoms with van der Waals surface area (Å²) < 4.78 is 5.16. The molecule has 1 aliphatic carbocycles. The molecule has 9 heteroatoms. The van der Waals surface area contributed by atoms with Crippen LogP contribution in [0.2, 0.25) is 0 Å². The summed E-state index contributed by atoms with van der Waals surface area (Å²) in [7, 11) is 0. The number of aliphatic hydroxyl groups excluding tert-OH is 1. The summed E-state index contributed by atoms with van der Waals surface area (Å²) in [6, 6.07) is 0. The van der Waals surface area contributed by atoms with Crippen molar-refractivity contribution in [3.63, 3.8) is 0 Å². The second-order valence-electron chi connectivity index (χ2n) is 9.30. The molecule has 0 aromatic heterocycles. The molecule has 0 aromatic rings. The van der Waals surface area contributed by atoms with Gasteiger partial charge in [0.1, 0.15) is 19.0 Å². The molecule has 1 aliphatic rings. The predicted molar refractivity (Wildman–Crippen MR) is 139 cm³/mol. The minimum Gasteiger partial charge on any atom is -0.465 e. The van der Waals surface area contributed by atoms with Gasteiger partial charge >= 0.3 is 5.97 Å². The molecule has 3 atom stereocenters. The zero-order valence-corrected chi connectivity index (χ0v) is 22.2. The van der Waals surface area contributed by atoms with Gasteiger partial charge in [0, 0.05) is 30.8 Å². The van der Waals surface area contributed by atoms with E-state index in [4.69, 9.17) is 4.74 Å². The van der Waals surface area contributed by atoms with Crippen molar-refractivity contribution in [2.45, 2.75) is 103 Å². The molecule has 0 amide bonds. The van der Waals surface area contributed by atoms with Gasteiger partial charge in [-0.15, -0.1) is 10.1 Å². The average molecular weight is 516 g/mol. The van der Waals surface area contributed by atoms with Crippen molar-refractivity contribution >= 4 is 23.5 Å². The second kappa shape index (κ2) is 20.6. The van der Waals surface area contributed by atoms with Crippen molar-refractivity contribution in [1.29, 1.82) is 0 Å². The third kappa shape index (κ3) is 16.6. The molecule has 202 valence electrons. The van der Waals surface area contributed by atoms with Crippen molar-refractivity contribution in [2.24, 2.45) is 11.8 Å². The molecule has 0 unspecified atom stereocenters. The van der Waals surface area contributed by atoms with Crippen LogP contribution in [0.15, 0.2) is 12.2 Å². The molecule has 0 saturated heterocycles. The van der Waals surface area contributed by atoms with E-state index in [1.807, 2.05) is 0 Å². The number of aliphatic hydroxyl groups is 1. The molecule has 8 nitrogen and oxygen atoms in total. The van der Waals surface area contributed by atoms with Crippen molar-refractivity contribution < 1.29 is 29.4 Å². The van der Waals surface area contributed by atoms with Gasteiger partial charge in [0.05, 0.1) is 6.10 Å². The monoisotopic (exact) mass is 515 g/mol. The fourth-order valence-corrected chi connectivity index (χ4v) is 5.14. The Morgan fingerprint density at radius 2 is 1.80 bits per heavy atom. The fraction of sp³-hybridized carbons (Fsp3) is 0.846. The first kappa shape index (κ1) is 31.4. The molecular weight excluding hydrogens is 470 g/mol. The lowest BCUT2D eigenvalue weighted by Gasteiger charge is -2.20. The maximum atomic E-state index is 12.2. The Kier molecular flexibility index (Phi) is 18.5. The Morgan fingerprint density at radius 1 is 1.03 bits per heavy atom. The standard InChI is InChI=1S/C26H45NO7S/c1-2-3-4-5-9-12-23(28)15-16-24-22(14-17-25(24)29)11-8-6-7-10-13-26(30)33-18-20-35-21-19-34-27(31)32/h6,8,22,24-25,29H,2-5,7,9-21H2,1H3/b8-6-/t22-,24+,25+/m0/s1. The number of ketones is 1. The molecule has 0 bridgehead atoms. The molecule has 0 aromatic carbocycles. The van der Waals surface area contributed by atoms with Crippen LogP contribution in [-0.4, -0.2) is 52.8 Å². The van der Waals surface area contributed by atoms with Gasteiger partial charge in [-0.1, -0.05) is 44.8 Å². The molecule has 35 heavy (non-hydrogen) atoms. The van der Waals surface area contributed by atoms with Crippen LogP contribution >= 0.6 is 11.8 Å². The number of carbonyl (C=O) groups excluding carboxylic acids is 2. The topological polar surface area (TPSA) is 116 Å². The van der Waals surface area contributed by atoms with Crippen molar-refractivity contribution in [3.8, 4) is 0 Å². The van der Waals surface area contributed by atoms with Crippen LogP contribution in [0.4, 0.5) is 0 Å². The van der Waals surface area contributed by atoms with Gasteiger partial charge in [-0.05, 0) is 56.8 Å². The lowest BCUT2D eigenvalue weighted by atomic mass is 9.86. The van der Waals surface area contributed by atoms with Crippen LogP contribution in [0.3, 0.4) is 0 Å². The highest BCUT2D eigenvalue weighted by molar-refractivity contribution is 7.99. The van der Waals surface area contributed by atoms with E-state index in [9.17, 15) is 24.8 Å². The number of esters is 1. The van der Waals surface area contributed by atoms with Crippen LogP contribution in [0.1, 0.15) is 96.8 Å². The Morgan fingerprint density at radius 3 is 2.57 bits per heavy atom. The third-order valence-corrected chi connectivity index (χ3v) is 7.43. The van der Waals surface area contributed by atoms with Gasteiger partial charge in [-0.3, -0.25) is 9.59 Å². The lowest BCUT2D eigenvalue weighted by Crippen LogP contribution is -2.20. The van der Waals surface area contributed by atoms with Crippen LogP contribution in [-0.2, 0) is 19.2 Å². The first-order valence-electron chi connectivity index (χ1n) is 13.3. The first-order chi connectivity index (χ1) is 16.9. The van der Waals surface area contributed by atoms with Gasteiger partial charge in [0.2, 0.25) is 0 Å². The number of thioether (sulfide) groups is 1. The van der Waals surface area contributed by atoms with Crippen molar-refractivity contribution in [1.82, 2.24) is 0 Å². The summed E-state index contributed by atoms with van der Waals surface area (Å²) >= 11 is 1.44. The van der Waals surface area contributed by atoms with Gasteiger partial charge in [0.25, 0.3) is 5.09 Å². The zero-order chi connectivity index (χ0) is 25.7. The summed E-state index contributed by atoms with van der Waals surface area (Å²) in [6.45, 7) is 2.52. The number of allylic oxidation sites excluding steroid dienone is 2. The number of unbranched alkanes of at least 4 members (excludes halogenated alkanes) is 5. The van der Waals surface area contributed by atoms with Crippen LogP contribution < -0.4 is 0 Å². The van der Waals surface area contributed by atoms with E-state index in [2.05, 4.69) is 23.9 Å². The maximum absolute atomic E-state index is 12.2. The number of hydrogen-bond donors (Lipinski definition) is 1. The van der Waals surface area contributed by atoms with Gasteiger partial charge in [0.15, 0.2) is 0 Å². The Hall–Kier alpha value is -1.61. The van der Waals surface area contributed by atoms with E-state index in [1.165, 1.54) is 31.0 Å². The number of hydrogen-bond acceptors (Lipinski definition) is 8. The minimum atomic E-state index is -0.815. The van der Waals surface area contributed by atoms with Crippen LogP contribution in [0, 0.1) is 22.0 Å². The summed E-state index contributed by atoms with van der Waals surface area (Å²) in [4.78, 5) is 38.2. The summed E-state index contributed by atoms with van der Waals surface area (Å²) in [5.74, 6) is 1.82. The molecule has 0 heterocycles. The highest BCUT2D eigenvalue weighted by Crippen LogP contribution is 2.38. The van der Waals surface area contributed by atoms with Gasteiger partial charge in [-0.25, -0.2) is 0 Å². The molecule has 1 saturated carbocycles. The normalized spacial score (nSPS) is 19.8. The van der Waals surface area contributed by atoms with Crippen LogP contribution in [0.5, 0.6) is 0 Å². The van der Waals surface area contributed by atoms with E-state index in [-0.39, 0.29) is 24.6 Å². The number of nitrogens with zero attached hydrogens (tertiary/aromatic N) is 1. The maximum Gasteiger partial charge on any atom is 0.305 e. The molecule has 0 radical (unpaired) electrons. The molecule has 0 aliphatic heterocycles. The highest BCUT2D eigenvalue weighted by Gasteiger charge is 2.33. The van der Waals surface area contributed by atoms with E-state index < -0.39 is 5.09 Å². The van der Waals surface area contributed by atoms with E-state index >= 15 is 0 Å². The second-order valence-corrected chi connectivity index (χ2v) is 10.5.